The summed E-state index contributed by atoms with van der Waals surface area (Å²) < 4.78 is 11.1. The Morgan fingerprint density at radius 2 is 1.87 bits per heavy atom. The van der Waals surface area contributed by atoms with E-state index in [2.05, 4.69) is 27.8 Å². The molecule has 15 heavy (non-hydrogen) atoms. The third-order valence-corrected chi connectivity index (χ3v) is 2.43. The molecule has 0 aliphatic rings. The van der Waals surface area contributed by atoms with Crippen LogP contribution in [-0.4, -0.2) is 25.9 Å². The molecule has 0 aliphatic carbocycles. The van der Waals surface area contributed by atoms with Gasteiger partial charge < -0.3 is 14.6 Å². The highest BCUT2D eigenvalue weighted by Crippen LogP contribution is 2.32. The molecule has 1 rings (SSSR count). The van der Waals surface area contributed by atoms with Crippen LogP contribution in [0.1, 0.15) is 5.56 Å². The van der Waals surface area contributed by atoms with Crippen molar-refractivity contribution in [3.8, 4) is 23.3 Å². The zero-order valence-corrected chi connectivity index (χ0v) is 10.1. The second-order valence-electron chi connectivity index (χ2n) is 2.65. The van der Waals surface area contributed by atoms with Gasteiger partial charge in [-0.1, -0.05) is 11.8 Å². The van der Waals surface area contributed by atoms with Gasteiger partial charge in [0.15, 0.2) is 11.5 Å². The van der Waals surface area contributed by atoms with Gasteiger partial charge in [-0.25, -0.2) is 0 Å². The molecular weight excluding hydrogens is 260 g/mol. The van der Waals surface area contributed by atoms with Crippen molar-refractivity contribution in [3.05, 3.63) is 22.2 Å². The predicted molar refractivity (Wildman–Crippen MR) is 61.2 cm³/mol. The first-order valence-corrected chi connectivity index (χ1v) is 5.03. The normalized spacial score (nSPS) is 9.07. The van der Waals surface area contributed by atoms with Crippen LogP contribution in [0.25, 0.3) is 0 Å². The Bertz CT molecular complexity index is 404. The maximum atomic E-state index is 8.60. The van der Waals surface area contributed by atoms with Crippen LogP contribution in [0, 0.1) is 11.8 Å². The molecule has 1 aromatic rings. The molecule has 0 saturated carbocycles. The molecule has 0 unspecified atom stereocenters. The van der Waals surface area contributed by atoms with E-state index in [4.69, 9.17) is 14.6 Å². The zero-order chi connectivity index (χ0) is 11.3. The fraction of sp³-hybridized carbons (Fsp3) is 0.273. The first-order valence-electron chi connectivity index (χ1n) is 4.24. The van der Waals surface area contributed by atoms with E-state index >= 15 is 0 Å². The van der Waals surface area contributed by atoms with Crippen LogP contribution in [0.2, 0.25) is 0 Å². The lowest BCUT2D eigenvalue weighted by Crippen LogP contribution is -1.92. The van der Waals surface area contributed by atoms with Crippen molar-refractivity contribution in [2.45, 2.75) is 0 Å². The summed E-state index contributed by atoms with van der Waals surface area (Å²) >= 11 is 3.36. The van der Waals surface area contributed by atoms with Gasteiger partial charge in [0.25, 0.3) is 0 Å². The Kier molecular flexibility index (Phi) is 4.47. The molecule has 3 nitrogen and oxygen atoms in total. The Hall–Kier alpha value is -1.18. The lowest BCUT2D eigenvalue weighted by atomic mass is 10.2. The summed E-state index contributed by atoms with van der Waals surface area (Å²) in [6.45, 7) is -0.166. The average molecular weight is 271 g/mol. The number of halogens is 1. The Labute approximate surface area is 97.1 Å². The third kappa shape index (κ3) is 2.88. The highest BCUT2D eigenvalue weighted by molar-refractivity contribution is 9.10. The third-order valence-electron chi connectivity index (χ3n) is 1.78. The van der Waals surface area contributed by atoms with Gasteiger partial charge in [0.2, 0.25) is 0 Å². The van der Waals surface area contributed by atoms with Crippen molar-refractivity contribution >= 4 is 15.9 Å². The minimum Gasteiger partial charge on any atom is -0.493 e. The largest absolute Gasteiger partial charge is 0.493 e. The summed E-state index contributed by atoms with van der Waals surface area (Å²) in [6, 6.07) is 3.53. The van der Waals surface area contributed by atoms with E-state index in [9.17, 15) is 0 Å². The molecule has 0 aliphatic heterocycles. The summed E-state index contributed by atoms with van der Waals surface area (Å²) in [5.74, 6) is 6.63. The van der Waals surface area contributed by atoms with E-state index in [1.54, 1.807) is 26.4 Å². The number of hydrogen-bond acceptors (Lipinski definition) is 3. The van der Waals surface area contributed by atoms with Gasteiger partial charge in [0.05, 0.1) is 14.2 Å². The molecule has 0 aromatic heterocycles. The number of ether oxygens (including phenoxy) is 2. The maximum Gasteiger partial charge on any atom is 0.162 e. The smallest absolute Gasteiger partial charge is 0.162 e. The van der Waals surface area contributed by atoms with E-state index < -0.39 is 0 Å². The van der Waals surface area contributed by atoms with Crippen molar-refractivity contribution in [1.82, 2.24) is 0 Å². The Morgan fingerprint density at radius 1 is 1.27 bits per heavy atom. The molecule has 1 N–H and O–H groups in total. The molecule has 0 spiro atoms. The molecule has 80 valence electrons. The van der Waals surface area contributed by atoms with Gasteiger partial charge in [-0.3, -0.25) is 0 Å². The molecule has 0 fully saturated rings. The summed E-state index contributed by atoms with van der Waals surface area (Å²) in [7, 11) is 3.14. The topological polar surface area (TPSA) is 38.7 Å². The van der Waals surface area contributed by atoms with Gasteiger partial charge in [-0.2, -0.15) is 0 Å². The highest BCUT2D eigenvalue weighted by Gasteiger charge is 2.07. The SMILES string of the molecule is COc1cc(Br)c(C#CCO)cc1OC. The summed E-state index contributed by atoms with van der Waals surface area (Å²) in [5, 5.41) is 8.60. The number of benzene rings is 1. The lowest BCUT2D eigenvalue weighted by Gasteiger charge is -2.08. The standard InChI is InChI=1S/C11H11BrO3/c1-14-10-6-8(4-3-5-13)9(12)7-11(10)15-2/h6-7,13H,5H2,1-2H3. The summed E-state index contributed by atoms with van der Waals surface area (Å²) in [4.78, 5) is 0. The van der Waals surface area contributed by atoms with Gasteiger partial charge in [-0.15, -0.1) is 0 Å². The molecule has 0 radical (unpaired) electrons. The fourth-order valence-corrected chi connectivity index (χ4v) is 1.51. The van der Waals surface area contributed by atoms with Crippen molar-refractivity contribution in [2.24, 2.45) is 0 Å². The van der Waals surface area contributed by atoms with Crippen LogP contribution in [-0.2, 0) is 0 Å². The first-order chi connectivity index (χ1) is 7.22. The van der Waals surface area contributed by atoms with Crippen LogP contribution in [0.3, 0.4) is 0 Å². The maximum absolute atomic E-state index is 8.60. The molecule has 4 heteroatoms. The Morgan fingerprint density at radius 3 is 2.40 bits per heavy atom. The van der Waals surface area contributed by atoms with Gasteiger partial charge in [-0.05, 0) is 22.0 Å². The molecule has 0 atom stereocenters. The van der Waals surface area contributed by atoms with E-state index in [-0.39, 0.29) is 6.61 Å². The van der Waals surface area contributed by atoms with Gasteiger partial charge >= 0.3 is 0 Å². The van der Waals surface area contributed by atoms with E-state index in [0.29, 0.717) is 11.5 Å². The average Bonchev–Trinajstić information content (AvgIpc) is 2.27. The number of hydrogen-bond donors (Lipinski definition) is 1. The molecule has 0 amide bonds. The molecule has 0 heterocycles. The van der Waals surface area contributed by atoms with Gasteiger partial charge in [0.1, 0.15) is 6.61 Å². The number of aliphatic hydroxyl groups is 1. The van der Waals surface area contributed by atoms with E-state index in [1.165, 1.54) is 0 Å². The minimum atomic E-state index is -0.166. The van der Waals surface area contributed by atoms with Crippen LogP contribution in [0.4, 0.5) is 0 Å². The van der Waals surface area contributed by atoms with Crippen LogP contribution in [0.15, 0.2) is 16.6 Å². The van der Waals surface area contributed by atoms with Crippen molar-refractivity contribution < 1.29 is 14.6 Å². The van der Waals surface area contributed by atoms with Crippen molar-refractivity contribution in [2.75, 3.05) is 20.8 Å². The summed E-state index contributed by atoms with van der Waals surface area (Å²) in [6.07, 6.45) is 0. The lowest BCUT2D eigenvalue weighted by molar-refractivity contribution is 0.350. The second-order valence-corrected chi connectivity index (χ2v) is 3.50. The van der Waals surface area contributed by atoms with Crippen LogP contribution < -0.4 is 9.47 Å². The quantitative estimate of drug-likeness (QED) is 0.834. The van der Waals surface area contributed by atoms with Crippen molar-refractivity contribution in [3.63, 3.8) is 0 Å². The van der Waals surface area contributed by atoms with Gasteiger partial charge in [0, 0.05) is 16.1 Å². The predicted octanol–water partition coefficient (Wildman–Crippen LogP) is 1.81. The second kappa shape index (κ2) is 5.64. The Balaban J connectivity index is 3.19. The van der Waals surface area contributed by atoms with Crippen LogP contribution >= 0.6 is 15.9 Å². The number of methoxy groups -OCH3 is 2. The number of aliphatic hydroxyl groups excluding tert-OH is 1. The minimum absolute atomic E-state index is 0.166. The fourth-order valence-electron chi connectivity index (χ4n) is 1.08. The monoisotopic (exact) mass is 270 g/mol. The highest BCUT2D eigenvalue weighted by atomic mass is 79.9. The molecule has 0 bridgehead atoms. The molecular formula is C11H11BrO3. The first kappa shape index (κ1) is 11.9. The molecule has 0 saturated heterocycles. The van der Waals surface area contributed by atoms with Crippen molar-refractivity contribution in [1.29, 1.82) is 0 Å². The summed E-state index contributed by atoms with van der Waals surface area (Å²) in [5.41, 5.74) is 0.752. The van der Waals surface area contributed by atoms with E-state index in [1.807, 2.05) is 0 Å². The van der Waals surface area contributed by atoms with Crippen LogP contribution in [0.5, 0.6) is 11.5 Å². The van der Waals surface area contributed by atoms with E-state index in [0.717, 1.165) is 10.0 Å². The molecule has 1 aromatic carbocycles. The number of rotatable bonds is 2. The zero-order valence-electron chi connectivity index (χ0n) is 8.50.